The van der Waals surface area contributed by atoms with Crippen LogP contribution in [-0.2, 0) is 15.8 Å². The minimum Gasteiger partial charge on any atom is -0.490 e. The number of hydrogen-bond donors (Lipinski definition) is 1. The maximum Gasteiger partial charge on any atom is 0.190 e. The highest BCUT2D eigenvalue weighted by molar-refractivity contribution is 7.79. The van der Waals surface area contributed by atoms with Crippen LogP contribution in [-0.4, -0.2) is 28.1 Å². The molecular weight excluding hydrogens is 240 g/mol. The third-order valence-electron chi connectivity index (χ3n) is 2.74. The second-order valence-electron chi connectivity index (χ2n) is 4.15. The van der Waals surface area contributed by atoms with Gasteiger partial charge in [0.1, 0.15) is 17.3 Å². The van der Waals surface area contributed by atoms with Crippen LogP contribution in [0.3, 0.4) is 0 Å². The first kappa shape index (κ1) is 12.5. The van der Waals surface area contributed by atoms with Gasteiger partial charge in [0.2, 0.25) is 0 Å². The first-order valence-corrected chi connectivity index (χ1v) is 6.73. The molecule has 1 aliphatic rings. The van der Waals surface area contributed by atoms with Crippen molar-refractivity contribution in [3.63, 3.8) is 0 Å². The smallest absolute Gasteiger partial charge is 0.190 e. The average molecular weight is 256 g/mol. The summed E-state index contributed by atoms with van der Waals surface area (Å²) in [5, 5.41) is 0. The summed E-state index contributed by atoms with van der Waals surface area (Å²) >= 11 is -2.02. The molecule has 2 atom stereocenters. The zero-order valence-electron chi connectivity index (χ0n) is 9.72. The summed E-state index contributed by atoms with van der Waals surface area (Å²) < 4.78 is 31.3. The summed E-state index contributed by atoms with van der Waals surface area (Å²) in [5.74, 6) is 0.465. The first-order chi connectivity index (χ1) is 8.16. The lowest BCUT2D eigenvalue weighted by Gasteiger charge is -2.13. The Hall–Kier alpha value is -0.910. The van der Waals surface area contributed by atoms with Gasteiger partial charge in [0.15, 0.2) is 11.1 Å². The van der Waals surface area contributed by atoms with Crippen molar-refractivity contribution >= 4 is 11.1 Å². The molecule has 0 spiro atoms. The lowest BCUT2D eigenvalue weighted by atomic mass is 10.2. The van der Waals surface area contributed by atoms with Crippen LogP contribution < -0.4 is 4.74 Å². The van der Waals surface area contributed by atoms with Crippen LogP contribution in [0, 0.1) is 6.92 Å². The van der Waals surface area contributed by atoms with Crippen LogP contribution in [0.15, 0.2) is 23.1 Å². The van der Waals surface area contributed by atoms with Crippen LogP contribution in [0.25, 0.3) is 0 Å². The van der Waals surface area contributed by atoms with E-state index in [-0.39, 0.29) is 6.10 Å². The Morgan fingerprint density at radius 2 is 2.41 bits per heavy atom. The number of aryl methyl sites for hydroxylation is 1. The zero-order valence-corrected chi connectivity index (χ0v) is 10.5. The van der Waals surface area contributed by atoms with Gasteiger partial charge in [-0.05, 0) is 37.5 Å². The van der Waals surface area contributed by atoms with E-state index in [1.165, 1.54) is 0 Å². The standard InChI is InChI=1S/C12H16O4S/c1-9-4-5-11(12(7-9)17(13)14)16-8-10-3-2-6-15-10/h4-5,7,10H,2-3,6,8H2,1H3,(H,13,14). The van der Waals surface area contributed by atoms with Gasteiger partial charge in [-0.25, -0.2) is 4.21 Å². The quantitative estimate of drug-likeness (QED) is 0.838. The normalized spacial score (nSPS) is 21.4. The Bertz CT molecular complexity index is 413. The third-order valence-corrected chi connectivity index (χ3v) is 3.43. The second kappa shape index (κ2) is 5.62. The fourth-order valence-electron chi connectivity index (χ4n) is 1.83. The van der Waals surface area contributed by atoms with E-state index in [1.807, 2.05) is 13.0 Å². The molecule has 1 aliphatic heterocycles. The van der Waals surface area contributed by atoms with Crippen molar-refractivity contribution in [2.45, 2.75) is 30.8 Å². The molecule has 1 N–H and O–H groups in total. The minimum absolute atomic E-state index is 0.108. The van der Waals surface area contributed by atoms with Gasteiger partial charge in [0.05, 0.1) is 6.10 Å². The Morgan fingerprint density at radius 1 is 1.59 bits per heavy atom. The average Bonchev–Trinajstić information content (AvgIpc) is 2.80. The fourth-order valence-corrected chi connectivity index (χ4v) is 2.42. The third kappa shape index (κ3) is 3.28. The van der Waals surface area contributed by atoms with Crippen molar-refractivity contribution in [2.75, 3.05) is 13.2 Å². The summed E-state index contributed by atoms with van der Waals surface area (Å²) in [6.45, 7) is 3.09. The summed E-state index contributed by atoms with van der Waals surface area (Å²) in [6.07, 6.45) is 2.15. The molecule has 2 rings (SSSR count). The van der Waals surface area contributed by atoms with Crippen molar-refractivity contribution in [3.05, 3.63) is 23.8 Å². The maximum atomic E-state index is 11.2. The molecule has 0 aliphatic carbocycles. The van der Waals surface area contributed by atoms with Crippen LogP contribution in [0.1, 0.15) is 18.4 Å². The van der Waals surface area contributed by atoms with E-state index < -0.39 is 11.1 Å². The van der Waals surface area contributed by atoms with E-state index in [4.69, 9.17) is 9.47 Å². The zero-order chi connectivity index (χ0) is 12.3. The molecule has 1 aromatic carbocycles. The SMILES string of the molecule is Cc1ccc(OCC2CCCO2)c(S(=O)O)c1. The van der Waals surface area contributed by atoms with Crippen molar-refractivity contribution < 1.29 is 18.2 Å². The van der Waals surface area contributed by atoms with E-state index in [0.29, 0.717) is 17.3 Å². The topological polar surface area (TPSA) is 55.8 Å². The second-order valence-corrected chi connectivity index (χ2v) is 5.08. The Morgan fingerprint density at radius 3 is 3.06 bits per heavy atom. The van der Waals surface area contributed by atoms with Gasteiger partial charge in [-0.2, -0.15) is 0 Å². The van der Waals surface area contributed by atoms with Crippen LogP contribution in [0.2, 0.25) is 0 Å². The van der Waals surface area contributed by atoms with Crippen LogP contribution in [0.4, 0.5) is 0 Å². The minimum atomic E-state index is -2.02. The Balaban J connectivity index is 2.06. The Labute approximate surface area is 103 Å². The molecule has 0 saturated carbocycles. The summed E-state index contributed by atoms with van der Waals surface area (Å²) in [6, 6.07) is 5.26. The molecule has 0 bridgehead atoms. The van der Waals surface area contributed by atoms with E-state index in [2.05, 4.69) is 0 Å². The van der Waals surface area contributed by atoms with E-state index in [1.54, 1.807) is 12.1 Å². The van der Waals surface area contributed by atoms with Gasteiger partial charge in [-0.15, -0.1) is 0 Å². The summed E-state index contributed by atoms with van der Waals surface area (Å²) in [4.78, 5) is 0.322. The van der Waals surface area contributed by atoms with E-state index in [9.17, 15) is 8.76 Å². The number of rotatable bonds is 4. The van der Waals surface area contributed by atoms with Crippen molar-refractivity contribution in [3.8, 4) is 5.75 Å². The van der Waals surface area contributed by atoms with Gasteiger partial charge in [-0.3, -0.25) is 0 Å². The molecule has 1 fully saturated rings. The molecule has 2 unspecified atom stereocenters. The predicted molar refractivity (Wildman–Crippen MR) is 64.7 cm³/mol. The van der Waals surface area contributed by atoms with Gasteiger partial charge in [0, 0.05) is 6.61 Å². The van der Waals surface area contributed by atoms with Gasteiger partial charge >= 0.3 is 0 Å². The van der Waals surface area contributed by atoms with Crippen molar-refractivity contribution in [1.82, 2.24) is 0 Å². The maximum absolute atomic E-state index is 11.2. The Kier molecular flexibility index (Phi) is 4.15. The molecule has 0 aromatic heterocycles. The molecule has 17 heavy (non-hydrogen) atoms. The van der Waals surface area contributed by atoms with E-state index in [0.717, 1.165) is 25.0 Å². The molecule has 1 saturated heterocycles. The number of benzene rings is 1. The highest BCUT2D eigenvalue weighted by Crippen LogP contribution is 2.24. The fraction of sp³-hybridized carbons (Fsp3) is 0.500. The van der Waals surface area contributed by atoms with E-state index >= 15 is 0 Å². The molecule has 94 valence electrons. The van der Waals surface area contributed by atoms with Gasteiger partial charge in [-0.1, -0.05) is 6.07 Å². The lowest BCUT2D eigenvalue weighted by molar-refractivity contribution is 0.0669. The molecule has 1 heterocycles. The van der Waals surface area contributed by atoms with Crippen LogP contribution in [0.5, 0.6) is 5.75 Å². The number of ether oxygens (including phenoxy) is 2. The summed E-state index contributed by atoms with van der Waals surface area (Å²) in [7, 11) is 0. The molecule has 0 radical (unpaired) electrons. The molecule has 5 heteroatoms. The largest absolute Gasteiger partial charge is 0.490 e. The summed E-state index contributed by atoms with van der Waals surface area (Å²) in [5.41, 5.74) is 0.937. The highest BCUT2D eigenvalue weighted by Gasteiger charge is 2.17. The van der Waals surface area contributed by atoms with Gasteiger partial charge < -0.3 is 14.0 Å². The monoisotopic (exact) mass is 256 g/mol. The number of hydrogen-bond acceptors (Lipinski definition) is 3. The molecule has 0 amide bonds. The lowest BCUT2D eigenvalue weighted by Crippen LogP contribution is -2.17. The van der Waals surface area contributed by atoms with Gasteiger partial charge in [0.25, 0.3) is 0 Å². The predicted octanol–water partition coefficient (Wildman–Crippen LogP) is 2.13. The highest BCUT2D eigenvalue weighted by atomic mass is 32.2. The van der Waals surface area contributed by atoms with Crippen molar-refractivity contribution in [2.24, 2.45) is 0 Å². The van der Waals surface area contributed by atoms with Crippen molar-refractivity contribution in [1.29, 1.82) is 0 Å². The molecular formula is C12H16O4S. The molecule has 4 nitrogen and oxygen atoms in total. The van der Waals surface area contributed by atoms with Crippen LogP contribution >= 0.6 is 0 Å². The molecule has 1 aromatic rings. The first-order valence-electron chi connectivity index (χ1n) is 5.63.